The number of nitrogens with zero attached hydrogens (tertiary/aromatic N) is 2. The van der Waals surface area contributed by atoms with Crippen LogP contribution < -0.4 is 4.74 Å². The van der Waals surface area contributed by atoms with Gasteiger partial charge in [0.1, 0.15) is 5.75 Å². The number of carbonyl (C=O) groups excluding carboxylic acids is 1. The first-order valence-corrected chi connectivity index (χ1v) is 10.4. The van der Waals surface area contributed by atoms with Crippen molar-refractivity contribution in [3.05, 3.63) is 29.3 Å². The summed E-state index contributed by atoms with van der Waals surface area (Å²) in [6, 6.07) is 6.96. The Kier molecular flexibility index (Phi) is 6.69. The summed E-state index contributed by atoms with van der Waals surface area (Å²) in [5.74, 6) is 2.35. The van der Waals surface area contributed by atoms with Gasteiger partial charge in [0.25, 0.3) is 0 Å². The number of likely N-dealkylation sites (tertiary alicyclic amines) is 1. The van der Waals surface area contributed by atoms with Crippen molar-refractivity contribution >= 4 is 18.5 Å². The van der Waals surface area contributed by atoms with Crippen molar-refractivity contribution < 1.29 is 9.53 Å². The summed E-state index contributed by atoms with van der Waals surface area (Å²) in [6.07, 6.45) is 10.3. The van der Waals surface area contributed by atoms with E-state index in [1.165, 1.54) is 74.1 Å². The van der Waals surface area contributed by atoms with E-state index in [1.54, 1.807) is 14.1 Å². The van der Waals surface area contributed by atoms with Gasteiger partial charge in [-0.25, -0.2) is 4.79 Å². The van der Waals surface area contributed by atoms with Crippen molar-refractivity contribution in [2.45, 2.75) is 63.3 Å². The minimum Gasteiger partial charge on any atom is -0.410 e. The summed E-state index contributed by atoms with van der Waals surface area (Å²) < 4.78 is 5.64. The summed E-state index contributed by atoms with van der Waals surface area (Å²) in [6.45, 7) is 2.50. The lowest BCUT2D eigenvalue weighted by atomic mass is 9.79. The number of fused-ring (bicyclic) bond motifs is 3. The van der Waals surface area contributed by atoms with Crippen molar-refractivity contribution in [3.63, 3.8) is 0 Å². The second-order valence-corrected chi connectivity index (χ2v) is 8.56. The summed E-state index contributed by atoms with van der Waals surface area (Å²) in [7, 11) is 3.46. The number of halogens is 1. The standard InChI is InChI=1S/C22H32N2O2.ClH/c1-23(2)22(25)26-21-9-5-8-17-18-13-15-24(20(18)11-10-19(17)21)14-12-16-6-3-4-7-16;/h5,8-9,16,18,20H,3-4,6-7,10-15H2,1-2H3;1H. The number of benzene rings is 1. The Morgan fingerprint density at radius 2 is 1.96 bits per heavy atom. The molecule has 5 heteroatoms. The Hall–Kier alpha value is -1.26. The maximum absolute atomic E-state index is 12.0. The first-order chi connectivity index (χ1) is 12.6. The van der Waals surface area contributed by atoms with Crippen LogP contribution in [0.2, 0.25) is 0 Å². The first-order valence-electron chi connectivity index (χ1n) is 10.4. The van der Waals surface area contributed by atoms with Crippen molar-refractivity contribution in [3.8, 4) is 5.75 Å². The maximum atomic E-state index is 12.0. The van der Waals surface area contributed by atoms with Crippen molar-refractivity contribution in [2.24, 2.45) is 5.92 Å². The van der Waals surface area contributed by atoms with E-state index in [0.717, 1.165) is 18.1 Å². The highest BCUT2D eigenvalue weighted by Gasteiger charge is 2.39. The molecular weight excluding hydrogens is 360 g/mol. The van der Waals surface area contributed by atoms with Gasteiger partial charge in [0.15, 0.2) is 0 Å². The number of amides is 1. The largest absolute Gasteiger partial charge is 0.414 e. The molecule has 1 saturated heterocycles. The van der Waals surface area contributed by atoms with Gasteiger partial charge >= 0.3 is 6.09 Å². The molecule has 2 fully saturated rings. The molecule has 1 heterocycles. The zero-order valence-corrected chi connectivity index (χ0v) is 17.5. The Morgan fingerprint density at radius 3 is 2.70 bits per heavy atom. The van der Waals surface area contributed by atoms with Crippen LogP contribution in [-0.2, 0) is 6.42 Å². The smallest absolute Gasteiger partial charge is 0.410 e. The molecule has 1 aromatic carbocycles. The van der Waals surface area contributed by atoms with Gasteiger partial charge in [0, 0.05) is 26.1 Å². The molecule has 1 aromatic rings. The first kappa shape index (κ1) is 20.5. The predicted molar refractivity (Wildman–Crippen MR) is 111 cm³/mol. The molecule has 0 aromatic heterocycles. The quantitative estimate of drug-likeness (QED) is 0.734. The van der Waals surface area contributed by atoms with Gasteiger partial charge < -0.3 is 9.64 Å². The zero-order valence-electron chi connectivity index (χ0n) is 16.7. The van der Waals surface area contributed by atoms with E-state index in [4.69, 9.17) is 4.74 Å². The number of carbonyl (C=O) groups is 1. The molecular formula is C22H33ClN2O2. The minimum absolute atomic E-state index is 0. The average molecular weight is 393 g/mol. The molecule has 4 nitrogen and oxygen atoms in total. The molecule has 2 unspecified atom stereocenters. The Labute approximate surface area is 169 Å². The fourth-order valence-electron chi connectivity index (χ4n) is 5.36. The highest BCUT2D eigenvalue weighted by Crippen LogP contribution is 2.44. The number of ether oxygens (including phenoxy) is 1. The highest BCUT2D eigenvalue weighted by molar-refractivity contribution is 5.85. The number of hydrogen-bond acceptors (Lipinski definition) is 3. The van der Waals surface area contributed by atoms with Gasteiger partial charge in [-0.3, -0.25) is 4.90 Å². The van der Waals surface area contributed by atoms with Crippen LogP contribution >= 0.6 is 12.4 Å². The van der Waals surface area contributed by atoms with E-state index >= 15 is 0 Å². The van der Waals surface area contributed by atoms with Crippen LogP contribution in [0.3, 0.4) is 0 Å². The van der Waals surface area contributed by atoms with E-state index < -0.39 is 0 Å². The topological polar surface area (TPSA) is 32.8 Å². The number of hydrogen-bond donors (Lipinski definition) is 0. The van der Waals surface area contributed by atoms with E-state index in [9.17, 15) is 4.79 Å². The fraction of sp³-hybridized carbons (Fsp3) is 0.682. The lowest BCUT2D eigenvalue weighted by molar-refractivity contribution is 0.170. The molecule has 2 atom stereocenters. The number of rotatable bonds is 4. The van der Waals surface area contributed by atoms with E-state index in [0.29, 0.717) is 12.0 Å². The average Bonchev–Trinajstić information content (AvgIpc) is 3.29. The van der Waals surface area contributed by atoms with Gasteiger partial charge in [-0.2, -0.15) is 0 Å². The lowest BCUT2D eigenvalue weighted by Gasteiger charge is -2.34. The Balaban J connectivity index is 0.00000210. The van der Waals surface area contributed by atoms with Crippen LogP contribution in [-0.4, -0.2) is 49.1 Å². The summed E-state index contributed by atoms with van der Waals surface area (Å²) >= 11 is 0. The second kappa shape index (κ2) is 8.83. The SMILES string of the molecule is CN(C)C(=O)Oc1cccc2c1CCC1C2CCN1CCC1CCCC1.Cl. The van der Waals surface area contributed by atoms with Crippen molar-refractivity contribution in [2.75, 3.05) is 27.2 Å². The summed E-state index contributed by atoms with van der Waals surface area (Å²) in [4.78, 5) is 16.2. The molecule has 1 aliphatic heterocycles. The lowest BCUT2D eigenvalue weighted by Crippen LogP contribution is -2.36. The molecule has 2 aliphatic carbocycles. The van der Waals surface area contributed by atoms with E-state index in [2.05, 4.69) is 17.0 Å². The maximum Gasteiger partial charge on any atom is 0.414 e. The van der Waals surface area contributed by atoms with Crippen molar-refractivity contribution in [1.29, 1.82) is 0 Å². The van der Waals surface area contributed by atoms with E-state index in [1.807, 2.05) is 6.07 Å². The third-order valence-electron chi connectivity index (χ3n) is 6.78. The summed E-state index contributed by atoms with van der Waals surface area (Å²) in [5, 5.41) is 0. The molecule has 0 spiro atoms. The van der Waals surface area contributed by atoms with Crippen LogP contribution in [0.15, 0.2) is 18.2 Å². The van der Waals surface area contributed by atoms with Crippen LogP contribution in [0.25, 0.3) is 0 Å². The third kappa shape index (κ3) is 4.27. The van der Waals surface area contributed by atoms with Gasteiger partial charge in [-0.15, -0.1) is 12.4 Å². The monoisotopic (exact) mass is 392 g/mol. The van der Waals surface area contributed by atoms with Gasteiger partial charge in [0.05, 0.1) is 0 Å². The minimum atomic E-state index is -0.287. The molecule has 1 saturated carbocycles. The van der Waals surface area contributed by atoms with Crippen LogP contribution in [0.4, 0.5) is 4.79 Å². The molecule has 150 valence electrons. The van der Waals surface area contributed by atoms with Crippen molar-refractivity contribution in [1.82, 2.24) is 9.80 Å². The normalized spacial score (nSPS) is 24.8. The van der Waals surface area contributed by atoms with Crippen LogP contribution in [0.5, 0.6) is 5.75 Å². The molecule has 3 aliphatic rings. The third-order valence-corrected chi connectivity index (χ3v) is 6.78. The van der Waals surface area contributed by atoms with Gasteiger partial charge in [0.2, 0.25) is 0 Å². The van der Waals surface area contributed by atoms with Crippen LogP contribution in [0, 0.1) is 5.92 Å². The molecule has 27 heavy (non-hydrogen) atoms. The predicted octanol–water partition coefficient (Wildman–Crippen LogP) is 4.85. The molecule has 0 N–H and O–H groups in total. The highest BCUT2D eigenvalue weighted by atomic mass is 35.5. The zero-order chi connectivity index (χ0) is 18.1. The van der Waals surface area contributed by atoms with Gasteiger partial charge in [-0.05, 0) is 61.9 Å². The molecule has 0 radical (unpaired) electrons. The molecule has 4 rings (SSSR count). The van der Waals surface area contributed by atoms with Crippen LogP contribution in [0.1, 0.15) is 62.0 Å². The molecule has 0 bridgehead atoms. The second-order valence-electron chi connectivity index (χ2n) is 8.56. The summed E-state index contributed by atoms with van der Waals surface area (Å²) in [5.41, 5.74) is 2.69. The molecule has 1 amide bonds. The Morgan fingerprint density at radius 1 is 1.19 bits per heavy atom. The fourth-order valence-corrected chi connectivity index (χ4v) is 5.36. The Bertz CT molecular complexity index is 658. The van der Waals surface area contributed by atoms with E-state index in [-0.39, 0.29) is 18.5 Å². The van der Waals surface area contributed by atoms with Gasteiger partial charge in [-0.1, -0.05) is 37.8 Å².